The highest BCUT2D eigenvalue weighted by atomic mass is 14.9. The van der Waals surface area contributed by atoms with E-state index in [2.05, 4.69) is 61.4 Å². The van der Waals surface area contributed by atoms with Crippen molar-refractivity contribution in [2.45, 2.75) is 52.0 Å². The minimum atomic E-state index is 0.536. The van der Waals surface area contributed by atoms with E-state index >= 15 is 0 Å². The van der Waals surface area contributed by atoms with Crippen molar-refractivity contribution in [1.29, 1.82) is 0 Å². The van der Waals surface area contributed by atoms with Crippen LogP contribution in [0.1, 0.15) is 43.2 Å². The van der Waals surface area contributed by atoms with Crippen molar-refractivity contribution in [3.8, 4) is 0 Å². The maximum absolute atomic E-state index is 5.63. The van der Waals surface area contributed by atoms with Gasteiger partial charge in [0, 0.05) is 23.0 Å². The van der Waals surface area contributed by atoms with Crippen molar-refractivity contribution >= 4 is 28.0 Å². The van der Waals surface area contributed by atoms with Crippen molar-refractivity contribution in [3.05, 3.63) is 54.1 Å². The van der Waals surface area contributed by atoms with E-state index in [9.17, 15) is 0 Å². The number of nitrogens with zero attached hydrogens (tertiary/aromatic N) is 1. The molecule has 0 unspecified atom stereocenters. The van der Waals surface area contributed by atoms with Gasteiger partial charge >= 0.3 is 0 Å². The van der Waals surface area contributed by atoms with Gasteiger partial charge in [0.05, 0.1) is 11.0 Å². The van der Waals surface area contributed by atoms with Gasteiger partial charge in [-0.3, -0.25) is 0 Å². The average molecular weight is 320 g/mol. The SMILES string of the molecule is C=Cn1c2ccc(C)cc2c2cc(C)ccc21.NC1CCCCC1. The normalized spacial score (nSPS) is 15.3. The van der Waals surface area contributed by atoms with Gasteiger partial charge in [-0.1, -0.05) is 49.1 Å². The van der Waals surface area contributed by atoms with Crippen molar-refractivity contribution in [2.24, 2.45) is 5.73 Å². The molecule has 0 aliphatic heterocycles. The number of benzene rings is 2. The van der Waals surface area contributed by atoms with Gasteiger partial charge in [-0.05, 0) is 51.0 Å². The minimum Gasteiger partial charge on any atom is -0.328 e. The van der Waals surface area contributed by atoms with E-state index in [-0.39, 0.29) is 0 Å². The molecule has 1 heterocycles. The summed E-state index contributed by atoms with van der Waals surface area (Å²) in [5, 5.41) is 2.62. The minimum absolute atomic E-state index is 0.536. The Kier molecular flexibility index (Phi) is 5.06. The second-order valence-corrected chi connectivity index (χ2v) is 6.99. The van der Waals surface area contributed by atoms with E-state index in [1.807, 2.05) is 6.20 Å². The number of aryl methyl sites for hydroxylation is 2. The van der Waals surface area contributed by atoms with Crippen molar-refractivity contribution in [2.75, 3.05) is 0 Å². The Labute approximate surface area is 145 Å². The first-order valence-electron chi connectivity index (χ1n) is 8.99. The van der Waals surface area contributed by atoms with E-state index in [1.54, 1.807) is 0 Å². The second-order valence-electron chi connectivity index (χ2n) is 6.99. The van der Waals surface area contributed by atoms with E-state index in [0.717, 1.165) is 0 Å². The van der Waals surface area contributed by atoms with Crippen LogP contribution in [-0.4, -0.2) is 10.6 Å². The summed E-state index contributed by atoms with van der Waals surface area (Å²) in [6.07, 6.45) is 8.55. The molecular weight excluding hydrogens is 292 g/mol. The topological polar surface area (TPSA) is 30.9 Å². The van der Waals surface area contributed by atoms with Crippen LogP contribution in [-0.2, 0) is 0 Å². The molecule has 2 nitrogen and oxygen atoms in total. The van der Waals surface area contributed by atoms with Crippen molar-refractivity contribution < 1.29 is 0 Å². The van der Waals surface area contributed by atoms with E-state index in [1.165, 1.54) is 65.0 Å². The third-order valence-corrected chi connectivity index (χ3v) is 4.95. The third-order valence-electron chi connectivity index (χ3n) is 4.95. The summed E-state index contributed by atoms with van der Waals surface area (Å²) in [4.78, 5) is 0. The Morgan fingerprint density at radius 3 is 1.79 bits per heavy atom. The number of nitrogens with two attached hydrogens (primary N) is 1. The number of hydrogen-bond acceptors (Lipinski definition) is 1. The molecule has 0 radical (unpaired) electrons. The zero-order chi connectivity index (χ0) is 17.1. The Morgan fingerprint density at radius 2 is 1.42 bits per heavy atom. The van der Waals surface area contributed by atoms with Gasteiger partial charge in [0.25, 0.3) is 0 Å². The maximum atomic E-state index is 5.63. The van der Waals surface area contributed by atoms with Gasteiger partial charge in [-0.15, -0.1) is 0 Å². The molecule has 126 valence electrons. The van der Waals surface area contributed by atoms with E-state index < -0.39 is 0 Å². The van der Waals surface area contributed by atoms with Crippen LogP contribution in [0.5, 0.6) is 0 Å². The number of fused-ring (bicyclic) bond motifs is 3. The molecule has 24 heavy (non-hydrogen) atoms. The van der Waals surface area contributed by atoms with Gasteiger partial charge in [-0.25, -0.2) is 0 Å². The molecule has 1 saturated carbocycles. The first kappa shape index (κ1) is 16.8. The summed E-state index contributed by atoms with van der Waals surface area (Å²) in [6.45, 7) is 8.17. The van der Waals surface area contributed by atoms with Crippen LogP contribution in [0.4, 0.5) is 0 Å². The molecule has 0 spiro atoms. The van der Waals surface area contributed by atoms with Crippen LogP contribution in [0.15, 0.2) is 43.0 Å². The Bertz CT molecular complexity index is 792. The maximum Gasteiger partial charge on any atom is 0.0534 e. The Hall–Kier alpha value is -2.06. The molecule has 2 heteroatoms. The van der Waals surface area contributed by atoms with Gasteiger partial charge in [0.2, 0.25) is 0 Å². The van der Waals surface area contributed by atoms with Crippen LogP contribution >= 0.6 is 0 Å². The molecule has 2 N–H and O–H groups in total. The lowest BCUT2D eigenvalue weighted by molar-refractivity contribution is 0.441. The fourth-order valence-electron chi connectivity index (χ4n) is 3.61. The highest BCUT2D eigenvalue weighted by Crippen LogP contribution is 2.30. The first-order valence-corrected chi connectivity index (χ1v) is 8.99. The zero-order valence-corrected chi connectivity index (χ0v) is 14.9. The zero-order valence-electron chi connectivity index (χ0n) is 14.9. The van der Waals surface area contributed by atoms with Crippen LogP contribution in [0.2, 0.25) is 0 Å². The molecule has 0 bridgehead atoms. The number of aromatic nitrogens is 1. The second kappa shape index (κ2) is 7.23. The molecule has 1 aliphatic carbocycles. The number of hydrogen-bond donors (Lipinski definition) is 1. The smallest absolute Gasteiger partial charge is 0.0534 e. The fraction of sp³-hybridized carbons (Fsp3) is 0.364. The molecule has 0 saturated heterocycles. The largest absolute Gasteiger partial charge is 0.328 e. The van der Waals surface area contributed by atoms with Crippen LogP contribution < -0.4 is 5.73 Å². The predicted octanol–water partition coefficient (Wildman–Crippen LogP) is 5.79. The van der Waals surface area contributed by atoms with Gasteiger partial charge in [-0.2, -0.15) is 0 Å². The summed E-state index contributed by atoms with van der Waals surface area (Å²) in [7, 11) is 0. The van der Waals surface area contributed by atoms with Crippen molar-refractivity contribution in [3.63, 3.8) is 0 Å². The summed E-state index contributed by atoms with van der Waals surface area (Å²) in [6, 6.07) is 13.7. The van der Waals surface area contributed by atoms with E-state index in [0.29, 0.717) is 6.04 Å². The highest BCUT2D eigenvalue weighted by Gasteiger charge is 2.08. The summed E-state index contributed by atoms with van der Waals surface area (Å²) in [5.41, 5.74) is 10.7. The molecule has 0 amide bonds. The first-order chi connectivity index (χ1) is 11.6. The lowest BCUT2D eigenvalue weighted by Gasteiger charge is -2.15. The van der Waals surface area contributed by atoms with Gasteiger partial charge in [0.15, 0.2) is 0 Å². The Morgan fingerprint density at radius 1 is 0.917 bits per heavy atom. The van der Waals surface area contributed by atoms with Crippen molar-refractivity contribution in [1.82, 2.24) is 4.57 Å². The monoisotopic (exact) mass is 320 g/mol. The van der Waals surface area contributed by atoms with Crippen LogP contribution in [0.3, 0.4) is 0 Å². The van der Waals surface area contributed by atoms with E-state index in [4.69, 9.17) is 5.73 Å². The lowest BCUT2D eigenvalue weighted by atomic mass is 9.97. The molecular formula is C22H28N2. The Balaban J connectivity index is 0.000000203. The molecule has 1 aromatic heterocycles. The number of rotatable bonds is 1. The molecule has 1 aliphatic rings. The highest BCUT2D eigenvalue weighted by molar-refractivity contribution is 6.09. The lowest BCUT2D eigenvalue weighted by Crippen LogP contribution is -2.22. The average Bonchev–Trinajstić information content (AvgIpc) is 2.88. The van der Waals surface area contributed by atoms with Crippen LogP contribution in [0.25, 0.3) is 28.0 Å². The third kappa shape index (κ3) is 3.39. The van der Waals surface area contributed by atoms with Gasteiger partial charge < -0.3 is 10.3 Å². The predicted molar refractivity (Wildman–Crippen MR) is 106 cm³/mol. The van der Waals surface area contributed by atoms with Gasteiger partial charge in [0.1, 0.15) is 0 Å². The quantitative estimate of drug-likeness (QED) is 0.604. The molecule has 1 fully saturated rings. The fourth-order valence-corrected chi connectivity index (χ4v) is 3.61. The summed E-state index contributed by atoms with van der Waals surface area (Å²) < 4.78 is 2.16. The molecule has 3 aromatic rings. The summed E-state index contributed by atoms with van der Waals surface area (Å²) >= 11 is 0. The molecule has 0 atom stereocenters. The molecule has 2 aromatic carbocycles. The standard InChI is InChI=1S/C16H15N.C6H13N/c1-4-17-15-7-5-11(2)9-13(15)14-10-12(3)6-8-16(14)17;7-6-4-2-1-3-5-6/h4-10H,1H2,2-3H3;6H,1-5,7H2. The molecule has 4 rings (SSSR count). The summed E-state index contributed by atoms with van der Waals surface area (Å²) in [5.74, 6) is 0. The van der Waals surface area contributed by atoms with Crippen LogP contribution in [0, 0.1) is 13.8 Å².